The van der Waals surface area contributed by atoms with Crippen LogP contribution in [0.15, 0.2) is 103 Å². The van der Waals surface area contributed by atoms with Crippen LogP contribution in [-0.4, -0.2) is 63.0 Å². The summed E-state index contributed by atoms with van der Waals surface area (Å²) in [6.07, 6.45) is 4.33. The first-order valence-corrected chi connectivity index (χ1v) is 13.5. The number of hydrogen-bond acceptors (Lipinski definition) is 4. The number of benzene rings is 3. The van der Waals surface area contributed by atoms with Crippen molar-refractivity contribution >= 4 is 29.2 Å². The van der Waals surface area contributed by atoms with Crippen LogP contribution in [0.25, 0.3) is 34.2 Å². The van der Waals surface area contributed by atoms with E-state index in [9.17, 15) is 4.79 Å². The van der Waals surface area contributed by atoms with E-state index in [0.29, 0.717) is 35.1 Å². The number of carbonyl (C=O) groups is 1. The minimum Gasteiger partial charge on any atom is -0.335 e. The van der Waals surface area contributed by atoms with Gasteiger partial charge in [-0.15, -0.1) is 0 Å². The third-order valence-corrected chi connectivity index (χ3v) is 7.33. The van der Waals surface area contributed by atoms with Crippen molar-refractivity contribution in [3.05, 3.63) is 119 Å². The van der Waals surface area contributed by atoms with Gasteiger partial charge in [0.15, 0.2) is 5.65 Å². The maximum absolute atomic E-state index is 13.9. The average molecular weight is 534 g/mol. The van der Waals surface area contributed by atoms with Crippen LogP contribution in [0.5, 0.6) is 0 Å². The van der Waals surface area contributed by atoms with Crippen LogP contribution in [0.3, 0.4) is 0 Å². The fourth-order valence-electron chi connectivity index (χ4n) is 4.88. The van der Waals surface area contributed by atoms with Crippen LogP contribution >= 0.6 is 11.6 Å². The second-order valence-corrected chi connectivity index (χ2v) is 9.99. The molecule has 1 amide bonds. The first-order valence-electron chi connectivity index (χ1n) is 13.1. The molecule has 2 aromatic heterocycles. The van der Waals surface area contributed by atoms with Gasteiger partial charge in [-0.1, -0.05) is 103 Å². The van der Waals surface area contributed by atoms with Gasteiger partial charge in [0.2, 0.25) is 0 Å². The highest BCUT2D eigenvalue weighted by Gasteiger charge is 2.25. The number of carbonyl (C=O) groups excluding carboxylic acids is 1. The first-order chi connectivity index (χ1) is 19.2. The van der Waals surface area contributed by atoms with E-state index < -0.39 is 0 Å². The highest BCUT2D eigenvalue weighted by Crippen LogP contribution is 2.29. The Morgan fingerprint density at radius 2 is 1.51 bits per heavy atom. The van der Waals surface area contributed by atoms with Crippen LogP contribution in [0.2, 0.25) is 5.02 Å². The number of halogens is 1. The second kappa shape index (κ2) is 11.2. The van der Waals surface area contributed by atoms with E-state index >= 15 is 0 Å². The summed E-state index contributed by atoms with van der Waals surface area (Å²) in [5.41, 5.74) is 5.46. The van der Waals surface area contributed by atoms with E-state index in [1.54, 1.807) is 4.52 Å². The van der Waals surface area contributed by atoms with E-state index in [-0.39, 0.29) is 5.91 Å². The van der Waals surface area contributed by atoms with E-state index in [1.165, 1.54) is 5.56 Å². The lowest BCUT2D eigenvalue weighted by atomic mass is 10.1. The summed E-state index contributed by atoms with van der Waals surface area (Å²) >= 11 is 6.52. The van der Waals surface area contributed by atoms with Gasteiger partial charge in [-0.2, -0.15) is 5.10 Å². The van der Waals surface area contributed by atoms with Crippen LogP contribution in [0.1, 0.15) is 16.1 Å². The Kier molecular flexibility index (Phi) is 7.21. The van der Waals surface area contributed by atoms with E-state index in [0.717, 1.165) is 36.5 Å². The molecule has 1 aliphatic rings. The number of aromatic nitrogens is 3. The van der Waals surface area contributed by atoms with Gasteiger partial charge >= 0.3 is 0 Å². The second-order valence-electron chi connectivity index (χ2n) is 9.58. The van der Waals surface area contributed by atoms with Gasteiger partial charge < -0.3 is 4.90 Å². The van der Waals surface area contributed by atoms with Crippen LogP contribution < -0.4 is 0 Å². The number of hydrogen-bond donors (Lipinski definition) is 0. The van der Waals surface area contributed by atoms with Crippen molar-refractivity contribution in [2.45, 2.75) is 0 Å². The van der Waals surface area contributed by atoms with E-state index in [2.05, 4.69) is 29.2 Å². The summed E-state index contributed by atoms with van der Waals surface area (Å²) in [6, 6.07) is 31.5. The molecule has 5 aromatic rings. The molecule has 0 spiro atoms. The van der Waals surface area contributed by atoms with E-state index in [4.69, 9.17) is 21.7 Å². The Bertz CT molecular complexity index is 1620. The monoisotopic (exact) mass is 533 g/mol. The van der Waals surface area contributed by atoms with Crippen molar-refractivity contribution in [3.63, 3.8) is 0 Å². The normalized spacial score (nSPS) is 14.3. The fourth-order valence-corrected chi connectivity index (χ4v) is 5.11. The lowest BCUT2D eigenvalue weighted by Gasteiger charge is -2.34. The Morgan fingerprint density at radius 1 is 0.821 bits per heavy atom. The Balaban J connectivity index is 1.26. The zero-order valence-electron chi connectivity index (χ0n) is 21.5. The number of piperazine rings is 1. The standard InChI is InChI=1S/C32H28ClN5O/c33-27-16-8-7-15-26(27)29-22-30(38-31(34-29)23-28(35-38)25-13-5-2-6-14-25)32(39)37-20-18-36(19-21-37)17-9-12-24-10-3-1-4-11-24/h1-16,22-23H,17-21H2. The maximum atomic E-state index is 13.9. The van der Waals surface area contributed by atoms with Crippen LogP contribution in [0, 0.1) is 0 Å². The molecule has 1 fully saturated rings. The Hall–Kier alpha value is -4.26. The molecule has 0 atom stereocenters. The van der Waals surface area contributed by atoms with Gasteiger partial charge in [0.25, 0.3) is 5.91 Å². The Labute approximate surface area is 232 Å². The van der Waals surface area contributed by atoms with Gasteiger partial charge in [-0.25, -0.2) is 9.50 Å². The predicted octanol–water partition coefficient (Wildman–Crippen LogP) is 6.19. The van der Waals surface area contributed by atoms with Gasteiger partial charge in [-0.3, -0.25) is 9.69 Å². The zero-order valence-corrected chi connectivity index (χ0v) is 22.2. The fraction of sp³-hybridized carbons (Fsp3) is 0.156. The summed E-state index contributed by atoms with van der Waals surface area (Å²) in [5, 5.41) is 5.38. The molecule has 194 valence electrons. The third-order valence-electron chi connectivity index (χ3n) is 7.00. The topological polar surface area (TPSA) is 53.7 Å². The predicted molar refractivity (Wildman–Crippen MR) is 157 cm³/mol. The molecule has 0 bridgehead atoms. The maximum Gasteiger partial charge on any atom is 0.272 e. The molecule has 3 heterocycles. The highest BCUT2D eigenvalue weighted by atomic mass is 35.5. The van der Waals surface area contributed by atoms with Gasteiger partial charge in [0.05, 0.1) is 11.4 Å². The number of nitrogens with zero attached hydrogens (tertiary/aromatic N) is 5. The van der Waals surface area contributed by atoms with Crippen LogP contribution in [-0.2, 0) is 0 Å². The number of fused-ring (bicyclic) bond motifs is 1. The average Bonchev–Trinajstić information content (AvgIpc) is 3.42. The van der Waals surface area contributed by atoms with Gasteiger partial charge in [0, 0.05) is 54.9 Å². The van der Waals surface area contributed by atoms with Crippen molar-refractivity contribution < 1.29 is 4.79 Å². The van der Waals surface area contributed by atoms with Crippen molar-refractivity contribution in [2.24, 2.45) is 0 Å². The zero-order chi connectivity index (χ0) is 26.6. The molecule has 0 unspecified atom stereocenters. The number of rotatable bonds is 6. The van der Waals surface area contributed by atoms with Crippen molar-refractivity contribution in [1.29, 1.82) is 0 Å². The highest BCUT2D eigenvalue weighted by molar-refractivity contribution is 6.33. The van der Waals surface area contributed by atoms with Gasteiger partial charge in [-0.05, 0) is 17.7 Å². The van der Waals surface area contributed by atoms with Crippen LogP contribution in [0.4, 0.5) is 0 Å². The molecule has 6 rings (SSSR count). The minimum atomic E-state index is -0.0575. The molecule has 3 aromatic carbocycles. The van der Waals surface area contributed by atoms with Crippen molar-refractivity contribution in [3.8, 4) is 22.5 Å². The number of amides is 1. The SMILES string of the molecule is O=C(c1cc(-c2ccccc2Cl)nc2cc(-c3ccccc3)nn12)N1CCN(CC=Cc2ccccc2)CC1. The third kappa shape index (κ3) is 5.48. The molecular weight excluding hydrogens is 506 g/mol. The summed E-state index contributed by atoms with van der Waals surface area (Å²) in [6.45, 7) is 3.77. The lowest BCUT2D eigenvalue weighted by Crippen LogP contribution is -2.49. The minimum absolute atomic E-state index is 0.0575. The Morgan fingerprint density at radius 3 is 2.26 bits per heavy atom. The lowest BCUT2D eigenvalue weighted by molar-refractivity contribution is 0.0641. The molecule has 0 radical (unpaired) electrons. The quantitative estimate of drug-likeness (QED) is 0.261. The molecule has 39 heavy (non-hydrogen) atoms. The summed E-state index contributed by atoms with van der Waals surface area (Å²) in [4.78, 5) is 23.0. The van der Waals surface area contributed by atoms with Gasteiger partial charge in [0.1, 0.15) is 5.69 Å². The largest absolute Gasteiger partial charge is 0.335 e. The smallest absolute Gasteiger partial charge is 0.272 e. The molecule has 0 N–H and O–H groups in total. The summed E-state index contributed by atoms with van der Waals surface area (Å²) in [7, 11) is 0. The molecule has 1 aliphatic heterocycles. The molecule has 1 saturated heterocycles. The van der Waals surface area contributed by atoms with Crippen molar-refractivity contribution in [1.82, 2.24) is 24.4 Å². The molecular formula is C32H28ClN5O. The summed E-state index contributed by atoms with van der Waals surface area (Å²) < 4.78 is 1.67. The van der Waals surface area contributed by atoms with E-state index in [1.807, 2.05) is 89.8 Å². The molecule has 0 saturated carbocycles. The first kappa shape index (κ1) is 25.0. The molecule has 0 aliphatic carbocycles. The van der Waals surface area contributed by atoms with Crippen molar-refractivity contribution in [2.75, 3.05) is 32.7 Å². The summed E-state index contributed by atoms with van der Waals surface area (Å²) in [5.74, 6) is -0.0575. The molecule has 6 nitrogen and oxygen atoms in total. The molecule has 7 heteroatoms.